The van der Waals surface area contributed by atoms with Crippen molar-refractivity contribution in [3.63, 3.8) is 0 Å². The van der Waals surface area contributed by atoms with Gasteiger partial charge in [0.05, 0.1) is 0 Å². The van der Waals surface area contributed by atoms with E-state index in [4.69, 9.17) is 16.3 Å². The molecule has 1 heterocycles. The number of likely N-dealkylation sites (N-methyl/N-ethyl adjacent to an activating group) is 1. The molecule has 1 aromatic rings. The summed E-state index contributed by atoms with van der Waals surface area (Å²) in [6, 6.07) is 6.98. The van der Waals surface area contributed by atoms with Gasteiger partial charge in [0.1, 0.15) is 5.75 Å². The van der Waals surface area contributed by atoms with Gasteiger partial charge < -0.3 is 15.0 Å². The monoisotopic (exact) mass is 536 g/mol. The Morgan fingerprint density at radius 3 is 2.27 bits per heavy atom. The molecule has 5 rings (SSSR count). The Bertz CT molecular complexity index is 918. The zero-order valence-electron chi connectivity index (χ0n) is 20.3. The number of rotatable bonds is 1. The van der Waals surface area contributed by atoms with Crippen LogP contribution in [0.5, 0.6) is 5.75 Å². The molecule has 0 bridgehead atoms. The van der Waals surface area contributed by atoms with Crippen molar-refractivity contribution in [2.24, 2.45) is 28.6 Å². The number of benzene rings is 1. The second-order valence-corrected chi connectivity index (χ2v) is 11.2. The maximum atomic E-state index is 12.0. The Labute approximate surface area is 232 Å². The number of carbonyl (C=O) groups is 2. The second kappa shape index (κ2) is 13.7. The Hall–Kier alpha value is -2.01. The summed E-state index contributed by atoms with van der Waals surface area (Å²) < 4.78 is 4.81. The van der Waals surface area contributed by atoms with E-state index in [1.807, 2.05) is 18.0 Å². The van der Waals surface area contributed by atoms with E-state index in [2.05, 4.69) is 25.2 Å². The minimum Gasteiger partial charge on any atom is -0.410 e. The summed E-state index contributed by atoms with van der Waals surface area (Å²) in [4.78, 5) is 24.8. The largest absolute Gasteiger partial charge is 0.412 e. The number of ether oxygens (including phenoxy) is 1. The van der Waals surface area contributed by atoms with Crippen molar-refractivity contribution in [3.05, 3.63) is 41.4 Å². The molecule has 212 valence electrons. The minimum absolute atomic E-state index is 0. The molecule has 3 saturated carbocycles. The van der Waals surface area contributed by atoms with Crippen molar-refractivity contribution in [1.82, 2.24) is 10.2 Å². The molecule has 0 radical (unpaired) electrons. The SMILES string of the molecule is C.C.C.C.CN1C(=O)C=C[C@]2(C)C3CC[C@]4(C)CCCC4[C@@H]3CCC12.CNC(=O)Oc1ccc(Cl)cc1. The van der Waals surface area contributed by atoms with Crippen molar-refractivity contribution in [2.75, 3.05) is 14.1 Å². The number of amides is 2. The maximum Gasteiger partial charge on any atom is 0.412 e. The van der Waals surface area contributed by atoms with Crippen molar-refractivity contribution in [3.8, 4) is 5.75 Å². The number of hydrogen-bond acceptors (Lipinski definition) is 3. The molecule has 0 saturated heterocycles. The predicted molar refractivity (Wildman–Crippen MR) is 158 cm³/mol. The highest BCUT2D eigenvalue weighted by Crippen LogP contribution is 2.63. The van der Waals surface area contributed by atoms with E-state index in [-0.39, 0.29) is 41.0 Å². The molecule has 37 heavy (non-hydrogen) atoms. The van der Waals surface area contributed by atoms with Crippen LogP contribution in [0, 0.1) is 28.6 Å². The molecule has 6 atom stereocenters. The van der Waals surface area contributed by atoms with Gasteiger partial charge >= 0.3 is 6.09 Å². The second-order valence-electron chi connectivity index (χ2n) is 10.8. The van der Waals surface area contributed by atoms with Gasteiger partial charge in [-0.05, 0) is 92.0 Å². The van der Waals surface area contributed by atoms with Crippen LogP contribution in [-0.4, -0.2) is 37.0 Å². The molecule has 6 heteroatoms. The number of nitrogens with one attached hydrogen (secondary N) is 1. The number of halogens is 1. The standard InChI is InChI=1S/C19H29NO.C8H8ClNO2.4CH4/c1-18-10-4-5-14(18)13-6-7-16-19(2,15(13)8-11-18)12-9-17(21)20(16)3;1-10-8(11)12-7-4-2-6(9)3-5-7;;;;/h9,12-16H,4-8,10-11H2,1-3H3;2-5H,1H3,(H,10,11);4*1H4/t13-,14?,15?,16?,18-,19+;;;;;/m0...../s1. The number of nitrogens with zero attached hydrogens (tertiary/aromatic N) is 1. The van der Waals surface area contributed by atoms with Crippen LogP contribution in [0.3, 0.4) is 0 Å². The first kappa shape index (κ1) is 35.0. The average Bonchev–Trinajstić information content (AvgIpc) is 3.20. The van der Waals surface area contributed by atoms with E-state index in [9.17, 15) is 9.59 Å². The molecule has 5 nitrogen and oxygen atoms in total. The molecule has 3 fully saturated rings. The van der Waals surface area contributed by atoms with Gasteiger partial charge in [0.15, 0.2) is 0 Å². The summed E-state index contributed by atoms with van der Waals surface area (Å²) in [5.74, 6) is 3.32. The van der Waals surface area contributed by atoms with Gasteiger partial charge in [0.2, 0.25) is 5.91 Å². The van der Waals surface area contributed by atoms with E-state index < -0.39 is 6.09 Å². The summed E-state index contributed by atoms with van der Waals surface area (Å²) in [5.41, 5.74) is 0.847. The molecule has 1 aliphatic heterocycles. The maximum absolute atomic E-state index is 12.0. The highest BCUT2D eigenvalue weighted by atomic mass is 35.5. The van der Waals surface area contributed by atoms with Crippen molar-refractivity contribution < 1.29 is 14.3 Å². The first-order valence-corrected chi connectivity index (χ1v) is 12.7. The Morgan fingerprint density at radius 2 is 1.65 bits per heavy atom. The third-order valence-electron chi connectivity index (χ3n) is 9.14. The van der Waals surface area contributed by atoms with E-state index in [1.165, 1.54) is 52.0 Å². The fraction of sp³-hybridized carbons (Fsp3) is 0.677. The predicted octanol–water partition coefficient (Wildman–Crippen LogP) is 8.62. The summed E-state index contributed by atoms with van der Waals surface area (Å²) in [6.07, 6.45) is 13.3. The van der Waals surface area contributed by atoms with Crippen LogP contribution in [0.25, 0.3) is 0 Å². The van der Waals surface area contributed by atoms with E-state index in [0.717, 1.165) is 17.8 Å². The van der Waals surface area contributed by atoms with E-state index >= 15 is 0 Å². The summed E-state index contributed by atoms with van der Waals surface area (Å²) in [5, 5.41) is 2.94. The van der Waals surface area contributed by atoms with Crippen LogP contribution >= 0.6 is 11.6 Å². The number of carbonyl (C=O) groups excluding carboxylic acids is 2. The third-order valence-corrected chi connectivity index (χ3v) is 9.39. The van der Waals surface area contributed by atoms with Crippen LogP contribution < -0.4 is 10.1 Å². The van der Waals surface area contributed by atoms with E-state index in [0.29, 0.717) is 22.2 Å². The lowest BCUT2D eigenvalue weighted by molar-refractivity contribution is -0.138. The lowest BCUT2D eigenvalue weighted by Crippen LogP contribution is -2.59. The van der Waals surface area contributed by atoms with Crippen LogP contribution in [0.15, 0.2) is 36.4 Å². The summed E-state index contributed by atoms with van der Waals surface area (Å²) in [6.45, 7) is 4.99. The summed E-state index contributed by atoms with van der Waals surface area (Å²) >= 11 is 5.63. The molecule has 2 amide bonds. The highest BCUT2D eigenvalue weighted by Gasteiger charge is 2.57. The zero-order valence-corrected chi connectivity index (χ0v) is 21.0. The van der Waals surface area contributed by atoms with Crippen LogP contribution in [-0.2, 0) is 4.79 Å². The Kier molecular flexibility index (Phi) is 12.9. The van der Waals surface area contributed by atoms with Crippen LogP contribution in [0.4, 0.5) is 4.79 Å². The third kappa shape index (κ3) is 6.71. The lowest BCUT2D eigenvalue weighted by Gasteiger charge is -2.59. The molecule has 0 aromatic heterocycles. The topological polar surface area (TPSA) is 58.6 Å². The van der Waals surface area contributed by atoms with Gasteiger partial charge in [-0.1, -0.05) is 67.7 Å². The molecule has 1 N–H and O–H groups in total. The molecule has 4 aliphatic rings. The van der Waals surface area contributed by atoms with Gasteiger partial charge in [-0.15, -0.1) is 0 Å². The average molecular weight is 537 g/mol. The summed E-state index contributed by atoms with van der Waals surface area (Å²) in [7, 11) is 3.51. The fourth-order valence-corrected chi connectivity index (χ4v) is 7.52. The van der Waals surface area contributed by atoms with Crippen molar-refractivity contribution in [2.45, 2.75) is 94.5 Å². The molecule has 3 unspecified atom stereocenters. The minimum atomic E-state index is -0.489. The zero-order chi connectivity index (χ0) is 23.8. The van der Waals surface area contributed by atoms with Gasteiger partial charge in [-0.2, -0.15) is 0 Å². The Morgan fingerprint density at radius 1 is 1.00 bits per heavy atom. The first-order chi connectivity index (χ1) is 15.7. The number of hydrogen-bond donors (Lipinski definition) is 1. The van der Waals surface area contributed by atoms with Gasteiger partial charge in [-0.3, -0.25) is 4.79 Å². The highest BCUT2D eigenvalue weighted by molar-refractivity contribution is 6.30. The van der Waals surface area contributed by atoms with E-state index in [1.54, 1.807) is 24.3 Å². The molecular formula is C31H53ClN2O3. The van der Waals surface area contributed by atoms with Crippen LogP contribution in [0.1, 0.15) is 88.5 Å². The fourth-order valence-electron chi connectivity index (χ4n) is 7.39. The van der Waals surface area contributed by atoms with Gasteiger partial charge in [-0.25, -0.2) is 4.79 Å². The van der Waals surface area contributed by atoms with Crippen molar-refractivity contribution >= 4 is 23.6 Å². The molecule has 1 aromatic carbocycles. The number of fused-ring (bicyclic) bond motifs is 5. The lowest BCUT2D eigenvalue weighted by atomic mass is 9.48. The quantitative estimate of drug-likeness (QED) is 0.390. The molecule has 3 aliphatic carbocycles. The van der Waals surface area contributed by atoms with Gasteiger partial charge in [0.25, 0.3) is 0 Å². The first-order valence-electron chi connectivity index (χ1n) is 12.3. The normalized spacial score (nSPS) is 32.7. The van der Waals surface area contributed by atoms with Gasteiger partial charge in [0, 0.05) is 30.6 Å². The molecular weight excluding hydrogens is 484 g/mol. The Balaban J connectivity index is 0.000000713. The smallest absolute Gasteiger partial charge is 0.410 e. The van der Waals surface area contributed by atoms with Crippen LogP contribution in [0.2, 0.25) is 5.02 Å². The van der Waals surface area contributed by atoms with Crippen molar-refractivity contribution in [1.29, 1.82) is 0 Å². The molecule has 0 spiro atoms.